The maximum absolute atomic E-state index is 12.8. The number of pyridine rings is 1. The van der Waals surface area contributed by atoms with Crippen LogP contribution >= 0.6 is 0 Å². The molecule has 5 nitrogen and oxygen atoms in total. The number of ether oxygens (including phenoxy) is 1. The molecule has 0 radical (unpaired) electrons. The fourth-order valence-corrected chi connectivity index (χ4v) is 3.72. The lowest BCUT2D eigenvalue weighted by atomic mass is 9.68. The lowest BCUT2D eigenvalue weighted by molar-refractivity contribution is -0.151. The largest absolute Gasteiger partial charge is 0.384 e. The minimum Gasteiger partial charge on any atom is -0.384 e. The zero-order valence-corrected chi connectivity index (χ0v) is 13.1. The van der Waals surface area contributed by atoms with Gasteiger partial charge in [0.1, 0.15) is 0 Å². The van der Waals surface area contributed by atoms with E-state index < -0.39 is 0 Å². The van der Waals surface area contributed by atoms with Crippen LogP contribution in [0.3, 0.4) is 0 Å². The van der Waals surface area contributed by atoms with E-state index in [2.05, 4.69) is 4.98 Å². The first-order valence-corrected chi connectivity index (χ1v) is 8.09. The molecule has 1 aromatic rings. The number of carbonyl (C=O) groups excluding carboxylic acids is 1. The highest BCUT2D eigenvalue weighted by atomic mass is 16.5. The van der Waals surface area contributed by atoms with Gasteiger partial charge in [-0.3, -0.25) is 9.59 Å². The summed E-state index contributed by atoms with van der Waals surface area (Å²) in [5, 5.41) is 0. The highest BCUT2D eigenvalue weighted by Crippen LogP contribution is 2.43. The summed E-state index contributed by atoms with van der Waals surface area (Å²) in [7, 11) is 1.68. The minimum atomic E-state index is -0.248. The Labute approximate surface area is 130 Å². The molecule has 1 saturated carbocycles. The van der Waals surface area contributed by atoms with Gasteiger partial charge in [-0.15, -0.1) is 0 Å². The van der Waals surface area contributed by atoms with Gasteiger partial charge in [-0.25, -0.2) is 0 Å². The van der Waals surface area contributed by atoms with Gasteiger partial charge in [-0.1, -0.05) is 12.5 Å². The number of amides is 1. The van der Waals surface area contributed by atoms with E-state index in [1.807, 2.05) is 11.0 Å². The first-order chi connectivity index (χ1) is 10.6. The lowest BCUT2D eigenvalue weighted by Crippen LogP contribution is -2.49. The van der Waals surface area contributed by atoms with Crippen LogP contribution < -0.4 is 5.56 Å². The summed E-state index contributed by atoms with van der Waals surface area (Å²) in [5.41, 5.74) is 0.814. The summed E-state index contributed by atoms with van der Waals surface area (Å²) in [6.45, 7) is 2.22. The van der Waals surface area contributed by atoms with Gasteiger partial charge in [0, 0.05) is 32.5 Å². The Morgan fingerprint density at radius 2 is 2.27 bits per heavy atom. The van der Waals surface area contributed by atoms with Gasteiger partial charge in [-0.2, -0.15) is 0 Å². The van der Waals surface area contributed by atoms with Crippen LogP contribution in [0.1, 0.15) is 31.2 Å². The number of nitrogens with zero attached hydrogens (tertiary/aromatic N) is 1. The van der Waals surface area contributed by atoms with Crippen LogP contribution in [0.25, 0.3) is 0 Å². The Kier molecular flexibility index (Phi) is 4.34. The van der Waals surface area contributed by atoms with E-state index in [0.717, 1.165) is 50.8 Å². The molecule has 1 aliphatic carbocycles. The van der Waals surface area contributed by atoms with Crippen molar-refractivity contribution in [2.75, 3.05) is 26.8 Å². The molecule has 2 fully saturated rings. The molecule has 5 heteroatoms. The molecule has 0 spiro atoms. The second-order valence-electron chi connectivity index (χ2n) is 6.74. The zero-order valence-electron chi connectivity index (χ0n) is 13.1. The monoisotopic (exact) mass is 304 g/mol. The summed E-state index contributed by atoms with van der Waals surface area (Å²) in [5.74, 6) is 0.763. The first kappa shape index (κ1) is 15.3. The number of methoxy groups -OCH3 is 1. The van der Waals surface area contributed by atoms with E-state index in [1.54, 1.807) is 19.4 Å². The number of H-pyrrole nitrogens is 1. The Bertz CT molecular complexity index is 571. The third kappa shape index (κ3) is 2.95. The topological polar surface area (TPSA) is 62.4 Å². The highest BCUT2D eigenvalue weighted by Gasteiger charge is 2.47. The molecule has 1 saturated heterocycles. The predicted octanol–water partition coefficient (Wildman–Crippen LogP) is 1.58. The van der Waals surface area contributed by atoms with Crippen molar-refractivity contribution in [2.45, 2.75) is 32.1 Å². The number of aromatic nitrogens is 1. The molecule has 0 bridgehead atoms. The molecule has 0 unspecified atom stereocenters. The summed E-state index contributed by atoms with van der Waals surface area (Å²) in [4.78, 5) is 28.6. The second-order valence-corrected chi connectivity index (χ2v) is 6.74. The molecule has 1 amide bonds. The number of hydrogen-bond donors (Lipinski definition) is 1. The van der Waals surface area contributed by atoms with Gasteiger partial charge >= 0.3 is 0 Å². The molecule has 120 valence electrons. The van der Waals surface area contributed by atoms with Crippen molar-refractivity contribution in [3.05, 3.63) is 34.2 Å². The summed E-state index contributed by atoms with van der Waals surface area (Å²) < 4.78 is 5.28. The zero-order chi connectivity index (χ0) is 15.6. The molecule has 1 aliphatic heterocycles. The average molecular weight is 304 g/mol. The van der Waals surface area contributed by atoms with Crippen molar-refractivity contribution >= 4 is 5.91 Å². The van der Waals surface area contributed by atoms with Gasteiger partial charge in [0.05, 0.1) is 12.0 Å². The Morgan fingerprint density at radius 3 is 2.86 bits per heavy atom. The quantitative estimate of drug-likeness (QED) is 0.898. The van der Waals surface area contributed by atoms with E-state index in [1.165, 1.54) is 0 Å². The molecule has 22 heavy (non-hydrogen) atoms. The van der Waals surface area contributed by atoms with E-state index in [9.17, 15) is 9.59 Å². The van der Waals surface area contributed by atoms with E-state index in [4.69, 9.17) is 4.74 Å². The van der Waals surface area contributed by atoms with Crippen LogP contribution in [0.15, 0.2) is 23.1 Å². The van der Waals surface area contributed by atoms with E-state index in [0.29, 0.717) is 12.5 Å². The average Bonchev–Trinajstić information content (AvgIpc) is 2.93. The molecule has 1 atom stereocenters. The summed E-state index contributed by atoms with van der Waals surface area (Å²) in [6.07, 6.45) is 6.78. The first-order valence-electron chi connectivity index (χ1n) is 8.09. The van der Waals surface area contributed by atoms with Gasteiger partial charge in [0.25, 0.3) is 0 Å². The van der Waals surface area contributed by atoms with Gasteiger partial charge in [0.2, 0.25) is 11.5 Å². The van der Waals surface area contributed by atoms with Crippen molar-refractivity contribution < 1.29 is 9.53 Å². The van der Waals surface area contributed by atoms with Crippen LogP contribution in [0.4, 0.5) is 0 Å². The minimum absolute atomic E-state index is 0.0709. The normalized spacial score (nSPS) is 23.3. The maximum Gasteiger partial charge on any atom is 0.247 e. The van der Waals surface area contributed by atoms with Crippen molar-refractivity contribution in [3.8, 4) is 0 Å². The molecule has 1 N–H and O–H groups in total. The van der Waals surface area contributed by atoms with Crippen molar-refractivity contribution in [1.29, 1.82) is 0 Å². The SMILES string of the molecule is COCC1(C(=O)N2CC[C@H](Cc3ccc(=O)[nH]c3)C2)CCC1. The number of hydrogen-bond acceptors (Lipinski definition) is 3. The van der Waals surface area contributed by atoms with Crippen LogP contribution in [-0.4, -0.2) is 42.6 Å². The predicted molar refractivity (Wildman–Crippen MR) is 83.6 cm³/mol. The molecule has 3 rings (SSSR count). The van der Waals surface area contributed by atoms with Crippen molar-refractivity contribution in [3.63, 3.8) is 0 Å². The molecule has 0 aromatic carbocycles. The third-order valence-corrected chi connectivity index (χ3v) is 5.13. The molecule has 1 aromatic heterocycles. The van der Waals surface area contributed by atoms with Crippen LogP contribution in [0.5, 0.6) is 0 Å². The van der Waals surface area contributed by atoms with Gasteiger partial charge in [0.15, 0.2) is 0 Å². The lowest BCUT2D eigenvalue weighted by Gasteiger charge is -2.42. The van der Waals surface area contributed by atoms with Gasteiger partial charge in [-0.05, 0) is 37.2 Å². The standard InChI is InChI=1S/C17H24N2O3/c1-22-12-17(6-2-7-17)16(21)19-8-5-14(11-19)9-13-3-4-15(20)18-10-13/h3-4,10,14H,2,5-9,11-12H2,1H3,(H,18,20)/t14-/m1/s1. The molecule has 2 aliphatic rings. The molecule has 2 heterocycles. The highest BCUT2D eigenvalue weighted by molar-refractivity contribution is 5.84. The molecular formula is C17H24N2O3. The Morgan fingerprint density at radius 1 is 1.45 bits per heavy atom. The van der Waals surface area contributed by atoms with Gasteiger partial charge < -0.3 is 14.6 Å². The molecular weight excluding hydrogens is 280 g/mol. The number of carbonyl (C=O) groups is 1. The third-order valence-electron chi connectivity index (χ3n) is 5.13. The summed E-state index contributed by atoms with van der Waals surface area (Å²) >= 11 is 0. The van der Waals surface area contributed by atoms with Crippen molar-refractivity contribution in [1.82, 2.24) is 9.88 Å². The van der Waals surface area contributed by atoms with Crippen molar-refractivity contribution in [2.24, 2.45) is 11.3 Å². The Balaban J connectivity index is 1.58. The number of nitrogens with one attached hydrogen (secondary N) is 1. The fourth-order valence-electron chi connectivity index (χ4n) is 3.72. The second kappa shape index (κ2) is 6.24. The number of rotatable bonds is 5. The smallest absolute Gasteiger partial charge is 0.247 e. The number of aromatic amines is 1. The van der Waals surface area contributed by atoms with E-state index >= 15 is 0 Å². The fraction of sp³-hybridized carbons (Fsp3) is 0.647. The van der Waals surface area contributed by atoms with Crippen LogP contribution in [0.2, 0.25) is 0 Å². The Hall–Kier alpha value is -1.62. The van der Waals surface area contributed by atoms with E-state index in [-0.39, 0.29) is 16.9 Å². The number of likely N-dealkylation sites (tertiary alicyclic amines) is 1. The maximum atomic E-state index is 12.8. The summed E-state index contributed by atoms with van der Waals surface area (Å²) in [6, 6.07) is 3.44. The van der Waals surface area contributed by atoms with Crippen LogP contribution in [0, 0.1) is 11.3 Å². The van der Waals surface area contributed by atoms with Crippen LogP contribution in [-0.2, 0) is 16.0 Å².